The molecule has 1 aliphatic carbocycles. The van der Waals surface area contributed by atoms with Crippen molar-refractivity contribution >= 4 is 34.3 Å². The normalized spacial score (nSPS) is 12.0. The Morgan fingerprint density at radius 1 is 0.929 bits per heavy atom. The molecule has 6 nitrogen and oxygen atoms in total. The topological polar surface area (TPSA) is 108 Å². The quantitative estimate of drug-likeness (QED) is 0.476. The molecule has 0 spiro atoms. The SMILES string of the molecule is CNc1c(C#N)cc(Nc2ccc(N)cc2)c2c1C(=O)c1ccccc1C2=O. The molecule has 3 aromatic carbocycles. The number of fused-ring (bicyclic) bond motifs is 2. The van der Waals surface area contributed by atoms with E-state index in [9.17, 15) is 14.9 Å². The number of nitrogens with one attached hydrogen (secondary N) is 2. The first-order chi connectivity index (χ1) is 13.5. The van der Waals surface area contributed by atoms with Gasteiger partial charge in [-0.25, -0.2) is 0 Å². The molecule has 0 bridgehead atoms. The van der Waals surface area contributed by atoms with Gasteiger partial charge >= 0.3 is 0 Å². The lowest BCUT2D eigenvalue weighted by Gasteiger charge is -2.24. The average molecular weight is 368 g/mol. The van der Waals surface area contributed by atoms with Crippen molar-refractivity contribution in [3.8, 4) is 6.07 Å². The first-order valence-corrected chi connectivity index (χ1v) is 8.65. The number of nitrogens with two attached hydrogens (primary N) is 1. The number of carbonyl (C=O) groups is 2. The largest absolute Gasteiger partial charge is 0.399 e. The Balaban J connectivity index is 1.98. The molecule has 0 saturated heterocycles. The monoisotopic (exact) mass is 368 g/mol. The van der Waals surface area contributed by atoms with Crippen molar-refractivity contribution in [2.24, 2.45) is 0 Å². The van der Waals surface area contributed by atoms with E-state index in [1.807, 2.05) is 0 Å². The summed E-state index contributed by atoms with van der Waals surface area (Å²) >= 11 is 0. The molecule has 4 rings (SSSR count). The van der Waals surface area contributed by atoms with Crippen LogP contribution in [-0.2, 0) is 0 Å². The van der Waals surface area contributed by atoms with E-state index in [0.717, 1.165) is 0 Å². The molecule has 0 saturated carbocycles. The molecule has 28 heavy (non-hydrogen) atoms. The fourth-order valence-corrected chi connectivity index (χ4v) is 3.46. The molecule has 6 heteroatoms. The predicted molar refractivity (Wildman–Crippen MR) is 108 cm³/mol. The van der Waals surface area contributed by atoms with Crippen molar-refractivity contribution in [2.75, 3.05) is 23.4 Å². The zero-order chi connectivity index (χ0) is 19.8. The number of benzene rings is 3. The number of nitrogens with zero attached hydrogens (tertiary/aromatic N) is 1. The Bertz CT molecular complexity index is 1170. The standard InChI is InChI=1S/C22H16N4O2/c1-25-20-12(11-23)10-17(26-14-8-6-13(24)7-9-14)18-19(20)22(28)16-5-3-2-4-15(16)21(18)27/h2-10,25-26H,24H2,1H3. The fraction of sp³-hybridized carbons (Fsp3) is 0.0455. The maximum atomic E-state index is 13.3. The van der Waals surface area contributed by atoms with Gasteiger partial charge in [0.2, 0.25) is 0 Å². The molecule has 0 atom stereocenters. The van der Waals surface area contributed by atoms with Crippen LogP contribution in [0.5, 0.6) is 0 Å². The zero-order valence-corrected chi connectivity index (χ0v) is 15.0. The highest BCUT2D eigenvalue weighted by Crippen LogP contribution is 2.39. The second-order valence-electron chi connectivity index (χ2n) is 6.41. The van der Waals surface area contributed by atoms with E-state index in [1.165, 1.54) is 0 Å². The summed E-state index contributed by atoms with van der Waals surface area (Å²) in [5.74, 6) is -0.545. The van der Waals surface area contributed by atoms with Crippen LogP contribution in [0.3, 0.4) is 0 Å². The summed E-state index contributed by atoms with van der Waals surface area (Å²) in [4.78, 5) is 26.5. The molecule has 4 N–H and O–H groups in total. The van der Waals surface area contributed by atoms with Crippen LogP contribution in [0.4, 0.5) is 22.7 Å². The predicted octanol–water partition coefficient (Wildman–Crippen LogP) is 3.70. The molecule has 1 aliphatic rings. The van der Waals surface area contributed by atoms with Gasteiger partial charge in [0.05, 0.1) is 28.1 Å². The van der Waals surface area contributed by atoms with Gasteiger partial charge in [0, 0.05) is 29.5 Å². The highest BCUT2D eigenvalue weighted by molar-refractivity contribution is 6.32. The van der Waals surface area contributed by atoms with E-state index in [-0.39, 0.29) is 28.3 Å². The number of nitrogen functional groups attached to an aromatic ring is 1. The molecule has 0 aromatic heterocycles. The summed E-state index contributed by atoms with van der Waals surface area (Å²) in [6.07, 6.45) is 0. The summed E-state index contributed by atoms with van der Waals surface area (Å²) in [6, 6.07) is 17.4. The number of rotatable bonds is 3. The van der Waals surface area contributed by atoms with Gasteiger partial charge in [0.1, 0.15) is 6.07 Å². The molecular formula is C22H16N4O2. The van der Waals surface area contributed by atoms with Crippen LogP contribution >= 0.6 is 0 Å². The molecule has 0 amide bonds. The summed E-state index contributed by atoms with van der Waals surface area (Å²) in [5.41, 5.74) is 9.22. The Morgan fingerprint density at radius 2 is 1.54 bits per heavy atom. The lowest BCUT2D eigenvalue weighted by molar-refractivity contribution is 0.0980. The molecule has 3 aromatic rings. The number of anilines is 4. The number of hydrogen-bond donors (Lipinski definition) is 3. The first-order valence-electron chi connectivity index (χ1n) is 8.65. The van der Waals surface area contributed by atoms with Crippen molar-refractivity contribution in [3.63, 3.8) is 0 Å². The first kappa shape index (κ1) is 17.3. The second kappa shape index (κ2) is 6.56. The van der Waals surface area contributed by atoms with Crippen molar-refractivity contribution in [1.82, 2.24) is 0 Å². The van der Waals surface area contributed by atoms with Gasteiger partial charge in [0.25, 0.3) is 0 Å². The van der Waals surface area contributed by atoms with Crippen molar-refractivity contribution in [1.29, 1.82) is 5.26 Å². The second-order valence-corrected chi connectivity index (χ2v) is 6.41. The van der Waals surface area contributed by atoms with Crippen LogP contribution in [0.1, 0.15) is 37.4 Å². The third kappa shape index (κ3) is 2.58. The van der Waals surface area contributed by atoms with Gasteiger partial charge in [-0.3, -0.25) is 9.59 Å². The van der Waals surface area contributed by atoms with Gasteiger partial charge in [0.15, 0.2) is 11.6 Å². The van der Waals surface area contributed by atoms with Crippen LogP contribution in [0, 0.1) is 11.3 Å². The van der Waals surface area contributed by atoms with E-state index < -0.39 is 0 Å². The van der Waals surface area contributed by atoms with Crippen molar-refractivity contribution in [3.05, 3.63) is 82.4 Å². The summed E-state index contributed by atoms with van der Waals surface area (Å²) in [5, 5.41) is 15.7. The highest BCUT2D eigenvalue weighted by atomic mass is 16.1. The van der Waals surface area contributed by atoms with E-state index in [4.69, 9.17) is 5.73 Å². The van der Waals surface area contributed by atoms with Gasteiger partial charge in [-0.15, -0.1) is 0 Å². The minimum absolute atomic E-state index is 0.211. The highest BCUT2D eigenvalue weighted by Gasteiger charge is 2.35. The van der Waals surface area contributed by atoms with E-state index >= 15 is 0 Å². The Morgan fingerprint density at radius 3 is 2.11 bits per heavy atom. The van der Waals surface area contributed by atoms with Crippen LogP contribution in [0.2, 0.25) is 0 Å². The maximum Gasteiger partial charge on any atom is 0.196 e. The molecule has 0 heterocycles. The third-order valence-corrected chi connectivity index (χ3v) is 4.76. The van der Waals surface area contributed by atoms with Crippen LogP contribution in [0.25, 0.3) is 0 Å². The molecule has 0 unspecified atom stereocenters. The number of ketones is 2. The van der Waals surface area contributed by atoms with Crippen LogP contribution < -0.4 is 16.4 Å². The summed E-state index contributed by atoms with van der Waals surface area (Å²) in [7, 11) is 1.63. The van der Waals surface area contributed by atoms with Gasteiger partial charge in [-0.2, -0.15) is 5.26 Å². The molecule has 0 radical (unpaired) electrons. The summed E-state index contributed by atoms with van der Waals surface area (Å²) < 4.78 is 0. The van der Waals surface area contributed by atoms with E-state index in [1.54, 1.807) is 61.6 Å². The molecule has 136 valence electrons. The lowest BCUT2D eigenvalue weighted by atomic mass is 9.81. The van der Waals surface area contributed by atoms with E-state index in [2.05, 4.69) is 16.7 Å². The third-order valence-electron chi connectivity index (χ3n) is 4.76. The minimum atomic E-state index is -0.285. The zero-order valence-electron chi connectivity index (χ0n) is 15.0. The van der Waals surface area contributed by atoms with Crippen LogP contribution in [0.15, 0.2) is 54.6 Å². The molecule has 0 aliphatic heterocycles. The average Bonchev–Trinajstić information content (AvgIpc) is 2.72. The van der Waals surface area contributed by atoms with E-state index in [0.29, 0.717) is 33.9 Å². The Labute approximate surface area is 161 Å². The fourth-order valence-electron chi connectivity index (χ4n) is 3.46. The Kier molecular flexibility index (Phi) is 4.06. The van der Waals surface area contributed by atoms with Gasteiger partial charge < -0.3 is 16.4 Å². The number of carbonyl (C=O) groups excluding carboxylic acids is 2. The number of hydrogen-bond acceptors (Lipinski definition) is 6. The lowest BCUT2D eigenvalue weighted by Crippen LogP contribution is -2.24. The smallest absolute Gasteiger partial charge is 0.196 e. The minimum Gasteiger partial charge on any atom is -0.399 e. The van der Waals surface area contributed by atoms with Crippen molar-refractivity contribution < 1.29 is 9.59 Å². The Hall–Kier alpha value is -4.11. The van der Waals surface area contributed by atoms with Crippen LogP contribution in [-0.4, -0.2) is 18.6 Å². The van der Waals surface area contributed by atoms with Crippen molar-refractivity contribution in [2.45, 2.75) is 0 Å². The van der Waals surface area contributed by atoms with Gasteiger partial charge in [-0.05, 0) is 30.3 Å². The summed E-state index contributed by atoms with van der Waals surface area (Å²) in [6.45, 7) is 0. The molecular weight excluding hydrogens is 352 g/mol. The molecule has 0 fully saturated rings. The number of nitriles is 1. The van der Waals surface area contributed by atoms with Gasteiger partial charge in [-0.1, -0.05) is 24.3 Å². The maximum absolute atomic E-state index is 13.3.